The Hall–Kier alpha value is -1.07. The first-order chi connectivity index (χ1) is 8.66. The molecule has 0 bridgehead atoms. The monoisotopic (exact) mass is 266 g/mol. The lowest BCUT2D eigenvalue weighted by atomic mass is 10.1. The fraction of sp³-hybridized carbons (Fsp3) is 0.538. The van der Waals surface area contributed by atoms with E-state index < -0.39 is 0 Å². The Balaban J connectivity index is 2.08. The van der Waals surface area contributed by atoms with Gasteiger partial charge in [0.15, 0.2) is 0 Å². The molecule has 0 aromatic heterocycles. The number of hydrogen-bond acceptors (Lipinski definition) is 4. The molecule has 98 valence electrons. The summed E-state index contributed by atoms with van der Waals surface area (Å²) in [5.74, 6) is 2.39. The molecule has 0 N–H and O–H groups in total. The van der Waals surface area contributed by atoms with E-state index in [1.54, 1.807) is 13.0 Å². The van der Waals surface area contributed by atoms with E-state index in [1.165, 1.54) is 12.2 Å². The van der Waals surface area contributed by atoms with Crippen molar-refractivity contribution in [2.24, 2.45) is 0 Å². The van der Waals surface area contributed by atoms with Gasteiger partial charge in [0, 0.05) is 30.5 Å². The highest BCUT2D eigenvalue weighted by atomic mass is 32.2. The van der Waals surface area contributed by atoms with Crippen LogP contribution in [-0.2, 0) is 6.54 Å². The number of thioether (sulfide) groups is 1. The second-order valence-electron chi connectivity index (χ2n) is 4.62. The number of nitro benzene ring substituents is 1. The fourth-order valence-electron chi connectivity index (χ4n) is 2.16. The number of benzene rings is 1. The molecule has 1 heterocycles. The smallest absolute Gasteiger partial charge is 0.272 e. The predicted molar refractivity (Wildman–Crippen MR) is 75.1 cm³/mol. The van der Waals surface area contributed by atoms with E-state index in [-0.39, 0.29) is 10.6 Å². The van der Waals surface area contributed by atoms with Crippen LogP contribution in [0, 0.1) is 17.0 Å². The van der Waals surface area contributed by atoms with Gasteiger partial charge in [-0.05, 0) is 31.2 Å². The minimum atomic E-state index is -0.295. The summed E-state index contributed by atoms with van der Waals surface area (Å²) in [6.45, 7) is 4.77. The SMILES string of the molecule is Cc1ccc(CN2CCCSCC2)cc1[N+](=O)[O-]. The van der Waals surface area contributed by atoms with Gasteiger partial charge in [-0.2, -0.15) is 11.8 Å². The zero-order valence-electron chi connectivity index (χ0n) is 10.6. The van der Waals surface area contributed by atoms with Gasteiger partial charge in [-0.3, -0.25) is 15.0 Å². The third-order valence-electron chi connectivity index (χ3n) is 3.19. The van der Waals surface area contributed by atoms with Gasteiger partial charge in [-0.15, -0.1) is 0 Å². The van der Waals surface area contributed by atoms with Crippen LogP contribution in [0.15, 0.2) is 18.2 Å². The number of rotatable bonds is 3. The molecule has 1 aromatic rings. The van der Waals surface area contributed by atoms with Crippen LogP contribution < -0.4 is 0 Å². The maximum Gasteiger partial charge on any atom is 0.272 e. The van der Waals surface area contributed by atoms with Crippen molar-refractivity contribution in [1.29, 1.82) is 0 Å². The highest BCUT2D eigenvalue weighted by Gasteiger charge is 2.14. The summed E-state index contributed by atoms with van der Waals surface area (Å²) in [7, 11) is 0. The number of aryl methyl sites for hydroxylation is 1. The third-order valence-corrected chi connectivity index (χ3v) is 4.24. The molecular weight excluding hydrogens is 248 g/mol. The Kier molecular flexibility index (Phi) is 4.60. The van der Waals surface area contributed by atoms with E-state index in [0.29, 0.717) is 0 Å². The van der Waals surface area contributed by atoms with Crippen LogP contribution in [0.2, 0.25) is 0 Å². The predicted octanol–water partition coefficient (Wildman–Crippen LogP) is 2.84. The van der Waals surface area contributed by atoms with Crippen molar-refractivity contribution in [2.45, 2.75) is 19.9 Å². The Bertz CT molecular complexity index is 429. The lowest BCUT2D eigenvalue weighted by molar-refractivity contribution is -0.385. The van der Waals surface area contributed by atoms with Gasteiger partial charge in [0.25, 0.3) is 5.69 Å². The average molecular weight is 266 g/mol. The molecule has 0 saturated carbocycles. The molecule has 18 heavy (non-hydrogen) atoms. The summed E-state index contributed by atoms with van der Waals surface area (Å²) in [4.78, 5) is 13.0. The van der Waals surface area contributed by atoms with Crippen LogP contribution in [0.5, 0.6) is 0 Å². The summed E-state index contributed by atoms with van der Waals surface area (Å²) < 4.78 is 0. The first-order valence-electron chi connectivity index (χ1n) is 6.21. The first kappa shape index (κ1) is 13.4. The summed E-state index contributed by atoms with van der Waals surface area (Å²) in [5, 5.41) is 10.9. The van der Waals surface area contributed by atoms with E-state index >= 15 is 0 Å². The normalized spacial score (nSPS) is 17.4. The van der Waals surface area contributed by atoms with Gasteiger partial charge < -0.3 is 0 Å². The summed E-state index contributed by atoms with van der Waals surface area (Å²) in [6, 6.07) is 5.56. The van der Waals surface area contributed by atoms with Crippen LogP contribution >= 0.6 is 11.8 Å². The van der Waals surface area contributed by atoms with Crippen molar-refractivity contribution >= 4 is 17.4 Å². The highest BCUT2D eigenvalue weighted by molar-refractivity contribution is 7.99. The van der Waals surface area contributed by atoms with Crippen molar-refractivity contribution in [3.63, 3.8) is 0 Å². The van der Waals surface area contributed by atoms with Crippen molar-refractivity contribution in [3.8, 4) is 0 Å². The van der Waals surface area contributed by atoms with Crippen molar-refractivity contribution in [3.05, 3.63) is 39.4 Å². The molecule has 0 unspecified atom stereocenters. The molecule has 5 heteroatoms. The molecule has 0 aliphatic carbocycles. The third kappa shape index (κ3) is 3.46. The van der Waals surface area contributed by atoms with Crippen LogP contribution in [0.1, 0.15) is 17.5 Å². The standard InChI is InChI=1S/C13H18N2O2S/c1-11-3-4-12(9-13(11)15(16)17)10-14-5-2-7-18-8-6-14/h3-4,9H,2,5-8,10H2,1H3. The molecule has 0 radical (unpaired) electrons. The van der Waals surface area contributed by atoms with E-state index in [0.717, 1.165) is 36.5 Å². The fourth-order valence-corrected chi connectivity index (χ4v) is 3.09. The van der Waals surface area contributed by atoms with Crippen LogP contribution in [-0.4, -0.2) is 34.4 Å². The molecule has 1 aromatic carbocycles. The molecule has 0 atom stereocenters. The summed E-state index contributed by atoms with van der Waals surface area (Å²) in [5.41, 5.74) is 2.01. The number of nitrogens with zero attached hydrogens (tertiary/aromatic N) is 2. The second kappa shape index (κ2) is 6.20. The van der Waals surface area contributed by atoms with E-state index in [2.05, 4.69) is 4.90 Å². The lowest BCUT2D eigenvalue weighted by Gasteiger charge is -2.19. The Labute approximate surface area is 112 Å². The van der Waals surface area contributed by atoms with Crippen LogP contribution in [0.25, 0.3) is 0 Å². The first-order valence-corrected chi connectivity index (χ1v) is 7.36. The van der Waals surface area contributed by atoms with Gasteiger partial charge in [0.1, 0.15) is 0 Å². The zero-order chi connectivity index (χ0) is 13.0. The van der Waals surface area contributed by atoms with Gasteiger partial charge in [-0.25, -0.2) is 0 Å². The van der Waals surface area contributed by atoms with Crippen molar-refractivity contribution < 1.29 is 4.92 Å². The van der Waals surface area contributed by atoms with Crippen LogP contribution in [0.3, 0.4) is 0 Å². The Morgan fingerprint density at radius 1 is 1.39 bits per heavy atom. The molecule has 1 saturated heterocycles. The quantitative estimate of drug-likeness (QED) is 0.623. The molecule has 4 nitrogen and oxygen atoms in total. The minimum absolute atomic E-state index is 0.233. The number of nitro groups is 1. The highest BCUT2D eigenvalue weighted by Crippen LogP contribution is 2.21. The van der Waals surface area contributed by atoms with Crippen molar-refractivity contribution in [2.75, 3.05) is 24.6 Å². The molecule has 0 amide bonds. The molecule has 1 aliphatic heterocycles. The van der Waals surface area contributed by atoms with Crippen molar-refractivity contribution in [1.82, 2.24) is 4.90 Å². The lowest BCUT2D eigenvalue weighted by Crippen LogP contribution is -2.25. The maximum absolute atomic E-state index is 10.9. The van der Waals surface area contributed by atoms with Gasteiger partial charge >= 0.3 is 0 Å². The largest absolute Gasteiger partial charge is 0.298 e. The Morgan fingerprint density at radius 2 is 2.22 bits per heavy atom. The minimum Gasteiger partial charge on any atom is -0.298 e. The molecule has 1 aliphatic rings. The molecule has 2 rings (SSSR count). The number of hydrogen-bond donors (Lipinski definition) is 0. The summed E-state index contributed by atoms with van der Waals surface area (Å²) >= 11 is 1.99. The topological polar surface area (TPSA) is 46.4 Å². The zero-order valence-corrected chi connectivity index (χ0v) is 11.4. The van der Waals surface area contributed by atoms with E-state index in [9.17, 15) is 10.1 Å². The molecule has 1 fully saturated rings. The van der Waals surface area contributed by atoms with E-state index in [4.69, 9.17) is 0 Å². The van der Waals surface area contributed by atoms with E-state index in [1.807, 2.05) is 23.9 Å². The molecular formula is C13H18N2O2S. The Morgan fingerprint density at radius 3 is 3.00 bits per heavy atom. The average Bonchev–Trinajstić information content (AvgIpc) is 2.60. The van der Waals surface area contributed by atoms with Gasteiger partial charge in [0.2, 0.25) is 0 Å². The second-order valence-corrected chi connectivity index (χ2v) is 5.84. The van der Waals surface area contributed by atoms with Gasteiger partial charge in [0.05, 0.1) is 4.92 Å². The molecule has 0 spiro atoms. The van der Waals surface area contributed by atoms with Gasteiger partial charge in [-0.1, -0.05) is 12.1 Å². The van der Waals surface area contributed by atoms with Crippen LogP contribution in [0.4, 0.5) is 5.69 Å². The maximum atomic E-state index is 10.9. The summed E-state index contributed by atoms with van der Waals surface area (Å²) in [6.07, 6.45) is 1.21.